The van der Waals surface area contributed by atoms with Crippen molar-refractivity contribution in [1.82, 2.24) is 9.55 Å². The summed E-state index contributed by atoms with van der Waals surface area (Å²) in [6, 6.07) is 12.7. The van der Waals surface area contributed by atoms with E-state index in [0.717, 1.165) is 11.3 Å². The number of esters is 1. The summed E-state index contributed by atoms with van der Waals surface area (Å²) in [4.78, 5) is 15.5. The van der Waals surface area contributed by atoms with Gasteiger partial charge in [-0.25, -0.2) is 9.78 Å². The average molecular weight is 377 g/mol. The van der Waals surface area contributed by atoms with Crippen LogP contribution in [0.1, 0.15) is 16.1 Å². The van der Waals surface area contributed by atoms with Gasteiger partial charge in [-0.15, -0.1) is 0 Å². The molecule has 1 heterocycles. The molecule has 7 heteroatoms. The molecule has 1 aromatic heterocycles. The molecule has 25 heavy (non-hydrogen) atoms. The van der Waals surface area contributed by atoms with Crippen molar-refractivity contribution in [3.8, 4) is 11.4 Å². The number of benzene rings is 2. The molecule has 0 saturated carbocycles. The van der Waals surface area contributed by atoms with Crippen molar-refractivity contribution < 1.29 is 14.3 Å². The van der Waals surface area contributed by atoms with Crippen molar-refractivity contribution in [1.29, 1.82) is 0 Å². The lowest BCUT2D eigenvalue weighted by Crippen LogP contribution is -2.01. The van der Waals surface area contributed by atoms with E-state index in [1.54, 1.807) is 35.3 Å². The Balaban J connectivity index is 1.70. The van der Waals surface area contributed by atoms with Gasteiger partial charge >= 0.3 is 5.97 Å². The fourth-order valence-corrected chi connectivity index (χ4v) is 2.72. The zero-order chi connectivity index (χ0) is 17.8. The first-order valence-corrected chi connectivity index (χ1v) is 8.12. The fraction of sp³-hybridized carbons (Fsp3) is 0.111. The van der Waals surface area contributed by atoms with Gasteiger partial charge < -0.3 is 14.0 Å². The van der Waals surface area contributed by atoms with Gasteiger partial charge in [-0.3, -0.25) is 0 Å². The average Bonchev–Trinajstić information content (AvgIpc) is 3.11. The zero-order valence-electron chi connectivity index (χ0n) is 13.3. The van der Waals surface area contributed by atoms with Crippen molar-refractivity contribution in [2.75, 3.05) is 7.11 Å². The molecule has 0 atom stereocenters. The van der Waals surface area contributed by atoms with Crippen LogP contribution >= 0.6 is 23.2 Å². The lowest BCUT2D eigenvalue weighted by atomic mass is 10.2. The van der Waals surface area contributed by atoms with E-state index in [1.165, 1.54) is 7.11 Å². The molecule has 0 aliphatic rings. The predicted octanol–water partition coefficient (Wildman–Crippen LogP) is 4.54. The number of halogens is 2. The topological polar surface area (TPSA) is 53.4 Å². The number of carbonyl (C=O) groups is 1. The smallest absolute Gasteiger partial charge is 0.358 e. The Hall–Kier alpha value is -2.50. The summed E-state index contributed by atoms with van der Waals surface area (Å²) in [6.45, 7) is 0.273. The molecule has 0 unspecified atom stereocenters. The highest BCUT2D eigenvalue weighted by atomic mass is 35.5. The van der Waals surface area contributed by atoms with Crippen LogP contribution in [-0.4, -0.2) is 22.6 Å². The highest BCUT2D eigenvalue weighted by Crippen LogP contribution is 2.26. The molecule has 128 valence electrons. The minimum absolute atomic E-state index is 0.246. The van der Waals surface area contributed by atoms with E-state index >= 15 is 0 Å². The van der Waals surface area contributed by atoms with E-state index in [2.05, 4.69) is 9.72 Å². The molecule has 0 radical (unpaired) electrons. The third-order valence-electron chi connectivity index (χ3n) is 3.56. The lowest BCUT2D eigenvalue weighted by Gasteiger charge is -2.10. The van der Waals surface area contributed by atoms with Gasteiger partial charge in [0.05, 0.1) is 7.11 Å². The second-order valence-corrected chi connectivity index (χ2v) is 5.95. The summed E-state index contributed by atoms with van der Waals surface area (Å²) in [7, 11) is 1.32. The molecule has 0 saturated heterocycles. The standard InChI is InChI=1S/C18H14Cl2N2O3/c1-24-18(23)17-9-22(11-21-17)12-5-7-13(8-6-12)25-10-14-15(19)3-2-4-16(14)20/h2-9,11H,10H2,1H3. The monoisotopic (exact) mass is 376 g/mol. The summed E-state index contributed by atoms with van der Waals surface area (Å²) in [5, 5.41) is 1.13. The number of ether oxygens (including phenoxy) is 2. The number of hydrogen-bond donors (Lipinski definition) is 0. The SMILES string of the molecule is COC(=O)c1cn(-c2ccc(OCc3c(Cl)cccc3Cl)cc2)cn1. The van der Waals surface area contributed by atoms with Crippen LogP contribution < -0.4 is 4.74 Å². The maximum absolute atomic E-state index is 11.4. The first-order chi connectivity index (χ1) is 12.1. The summed E-state index contributed by atoms with van der Waals surface area (Å²) < 4.78 is 12.1. The van der Waals surface area contributed by atoms with Crippen LogP contribution in [0.4, 0.5) is 0 Å². The van der Waals surface area contributed by atoms with E-state index in [-0.39, 0.29) is 12.3 Å². The van der Waals surface area contributed by atoms with Crippen LogP contribution in [-0.2, 0) is 11.3 Å². The van der Waals surface area contributed by atoms with Gasteiger partial charge in [-0.1, -0.05) is 29.3 Å². The van der Waals surface area contributed by atoms with Crippen molar-refractivity contribution in [2.24, 2.45) is 0 Å². The third kappa shape index (κ3) is 3.95. The largest absolute Gasteiger partial charge is 0.489 e. The van der Waals surface area contributed by atoms with Crippen LogP contribution in [0.15, 0.2) is 55.0 Å². The first kappa shape index (κ1) is 17.3. The van der Waals surface area contributed by atoms with Gasteiger partial charge in [-0.2, -0.15) is 0 Å². The Morgan fingerprint density at radius 3 is 2.44 bits per heavy atom. The Bertz CT molecular complexity index is 871. The summed E-state index contributed by atoms with van der Waals surface area (Å²) in [5.74, 6) is 0.198. The minimum Gasteiger partial charge on any atom is -0.489 e. The van der Waals surface area contributed by atoms with Crippen molar-refractivity contribution in [2.45, 2.75) is 6.61 Å². The van der Waals surface area contributed by atoms with Crippen molar-refractivity contribution in [3.05, 3.63) is 76.3 Å². The molecule has 2 aromatic carbocycles. The van der Waals surface area contributed by atoms with Crippen molar-refractivity contribution >= 4 is 29.2 Å². The number of aromatic nitrogens is 2. The van der Waals surface area contributed by atoms with E-state index in [9.17, 15) is 4.79 Å². The summed E-state index contributed by atoms with van der Waals surface area (Å²) >= 11 is 12.3. The van der Waals surface area contributed by atoms with E-state index < -0.39 is 5.97 Å². The van der Waals surface area contributed by atoms with Crippen LogP contribution in [0.2, 0.25) is 10.0 Å². The number of imidazole rings is 1. The van der Waals surface area contributed by atoms with Gasteiger partial charge in [0.25, 0.3) is 0 Å². The van der Waals surface area contributed by atoms with E-state index in [4.69, 9.17) is 27.9 Å². The summed E-state index contributed by atoms with van der Waals surface area (Å²) in [5.41, 5.74) is 1.83. The zero-order valence-corrected chi connectivity index (χ0v) is 14.8. The quantitative estimate of drug-likeness (QED) is 0.613. The van der Waals surface area contributed by atoms with Crippen LogP contribution in [0.3, 0.4) is 0 Å². The molecule has 0 fully saturated rings. The first-order valence-electron chi connectivity index (χ1n) is 7.37. The molecule has 3 rings (SSSR count). The molecule has 0 bridgehead atoms. The second-order valence-electron chi connectivity index (χ2n) is 5.14. The van der Waals surface area contributed by atoms with Crippen LogP contribution in [0, 0.1) is 0 Å². The number of rotatable bonds is 5. The van der Waals surface area contributed by atoms with Gasteiger partial charge in [-0.05, 0) is 36.4 Å². The van der Waals surface area contributed by atoms with E-state index in [1.807, 2.05) is 24.3 Å². The molecule has 0 aliphatic carbocycles. The number of nitrogens with zero attached hydrogens (tertiary/aromatic N) is 2. The second kappa shape index (κ2) is 7.59. The molecular weight excluding hydrogens is 363 g/mol. The van der Waals surface area contributed by atoms with Gasteiger partial charge in [0.1, 0.15) is 18.7 Å². The maximum Gasteiger partial charge on any atom is 0.358 e. The molecule has 0 N–H and O–H groups in total. The minimum atomic E-state index is -0.477. The number of methoxy groups -OCH3 is 1. The Labute approximate surface area is 154 Å². The van der Waals surface area contributed by atoms with E-state index in [0.29, 0.717) is 15.8 Å². The normalized spacial score (nSPS) is 10.5. The summed E-state index contributed by atoms with van der Waals surface area (Å²) in [6.07, 6.45) is 3.15. The van der Waals surface area contributed by atoms with Gasteiger partial charge in [0.15, 0.2) is 5.69 Å². The molecule has 0 spiro atoms. The maximum atomic E-state index is 11.4. The highest BCUT2D eigenvalue weighted by Gasteiger charge is 2.10. The van der Waals surface area contributed by atoms with Crippen molar-refractivity contribution in [3.63, 3.8) is 0 Å². The van der Waals surface area contributed by atoms with Crippen LogP contribution in [0.25, 0.3) is 5.69 Å². The Morgan fingerprint density at radius 2 is 1.80 bits per heavy atom. The molecular formula is C18H14Cl2N2O3. The molecule has 3 aromatic rings. The molecule has 0 aliphatic heterocycles. The third-order valence-corrected chi connectivity index (χ3v) is 4.27. The molecule has 5 nitrogen and oxygen atoms in total. The fourth-order valence-electron chi connectivity index (χ4n) is 2.21. The predicted molar refractivity (Wildman–Crippen MR) is 95.7 cm³/mol. The van der Waals surface area contributed by atoms with Crippen LogP contribution in [0.5, 0.6) is 5.75 Å². The Morgan fingerprint density at radius 1 is 1.12 bits per heavy atom. The Kier molecular flexibility index (Phi) is 5.26. The number of hydrogen-bond acceptors (Lipinski definition) is 4. The highest BCUT2D eigenvalue weighted by molar-refractivity contribution is 6.35. The number of carbonyl (C=O) groups excluding carboxylic acids is 1. The lowest BCUT2D eigenvalue weighted by molar-refractivity contribution is 0.0594. The van der Waals surface area contributed by atoms with Gasteiger partial charge in [0.2, 0.25) is 0 Å². The molecule has 0 amide bonds. The van der Waals surface area contributed by atoms with Gasteiger partial charge in [0, 0.05) is 27.5 Å².